The quantitative estimate of drug-likeness (QED) is 0.565. The van der Waals surface area contributed by atoms with Crippen LogP contribution in [0.1, 0.15) is 33.6 Å². The van der Waals surface area contributed by atoms with Crippen molar-refractivity contribution < 1.29 is 9.84 Å². The van der Waals surface area contributed by atoms with Crippen LogP contribution in [0.15, 0.2) is 36.8 Å². The first kappa shape index (κ1) is 19.1. The molecule has 1 aliphatic carbocycles. The number of hydrogen-bond acceptors (Lipinski definition) is 3. The Balaban J connectivity index is 0. The number of likely N-dealkylation sites (N-methyl/N-ethyl adjacent to an activating group) is 1. The van der Waals surface area contributed by atoms with Crippen molar-refractivity contribution >= 4 is 0 Å². The summed E-state index contributed by atoms with van der Waals surface area (Å²) in [7, 11) is 1.83. The van der Waals surface area contributed by atoms with Crippen molar-refractivity contribution in [2.75, 3.05) is 20.3 Å². The van der Waals surface area contributed by atoms with E-state index in [-0.39, 0.29) is 6.61 Å². The molecule has 3 nitrogen and oxygen atoms in total. The predicted octanol–water partition coefficient (Wildman–Crippen LogP) is 3.24. The normalized spacial score (nSPS) is 13.3. The molecule has 1 saturated carbocycles. The minimum Gasteiger partial charge on any atom is -0.491 e. The fourth-order valence-electron chi connectivity index (χ4n) is 0.958. The summed E-state index contributed by atoms with van der Waals surface area (Å²) in [6, 6.07) is 0. The van der Waals surface area contributed by atoms with Gasteiger partial charge in [0.15, 0.2) is 0 Å². The van der Waals surface area contributed by atoms with Gasteiger partial charge in [-0.3, -0.25) is 0 Å². The van der Waals surface area contributed by atoms with Crippen LogP contribution in [-0.2, 0) is 4.74 Å². The monoisotopic (exact) mass is 255 g/mol. The van der Waals surface area contributed by atoms with Gasteiger partial charge in [0.1, 0.15) is 5.76 Å². The lowest BCUT2D eigenvalue weighted by Gasteiger charge is -2.11. The van der Waals surface area contributed by atoms with E-state index in [1.54, 1.807) is 13.0 Å². The smallest absolute Gasteiger partial charge is 0.141 e. The first-order valence-electron chi connectivity index (χ1n) is 6.62. The van der Waals surface area contributed by atoms with E-state index in [1.807, 2.05) is 27.0 Å². The van der Waals surface area contributed by atoms with Crippen LogP contribution in [-0.4, -0.2) is 25.4 Å². The van der Waals surface area contributed by atoms with Gasteiger partial charge >= 0.3 is 0 Å². The molecule has 0 heterocycles. The number of allylic oxidation sites excluding steroid dienone is 2. The summed E-state index contributed by atoms with van der Waals surface area (Å²) in [6.07, 6.45) is 6.15. The molecule has 18 heavy (non-hydrogen) atoms. The van der Waals surface area contributed by atoms with Gasteiger partial charge in [-0.25, -0.2) is 0 Å². The lowest BCUT2D eigenvalue weighted by Crippen LogP contribution is -2.10. The third-order valence-electron chi connectivity index (χ3n) is 2.04. The molecule has 106 valence electrons. The molecule has 0 aromatic rings. The zero-order chi connectivity index (χ0) is 14.4. The van der Waals surface area contributed by atoms with Gasteiger partial charge in [0.25, 0.3) is 0 Å². The van der Waals surface area contributed by atoms with E-state index in [0.29, 0.717) is 0 Å². The molecular formula is C15H29NO2. The summed E-state index contributed by atoms with van der Waals surface area (Å²) >= 11 is 0. The van der Waals surface area contributed by atoms with E-state index < -0.39 is 0 Å². The molecule has 0 aromatic carbocycles. The van der Waals surface area contributed by atoms with Crippen molar-refractivity contribution in [1.29, 1.82) is 0 Å². The first-order valence-corrected chi connectivity index (χ1v) is 6.62. The van der Waals surface area contributed by atoms with Crippen LogP contribution < -0.4 is 5.32 Å². The topological polar surface area (TPSA) is 41.5 Å². The molecule has 1 rings (SSSR count). The lowest BCUT2D eigenvalue weighted by atomic mass is 10.3. The van der Waals surface area contributed by atoms with Crippen molar-refractivity contribution in [2.24, 2.45) is 5.92 Å². The SMILES string of the molecule is C=C/C=C(/OCC1CC1)C(=C)NC.CC.CCO. The molecule has 1 fully saturated rings. The molecule has 0 atom stereocenters. The zero-order valence-corrected chi connectivity index (χ0v) is 12.3. The third kappa shape index (κ3) is 11.3. The molecule has 0 aliphatic heterocycles. The fraction of sp³-hybridized carbons (Fsp3) is 0.600. The van der Waals surface area contributed by atoms with Crippen molar-refractivity contribution in [1.82, 2.24) is 5.32 Å². The average Bonchev–Trinajstić information content (AvgIpc) is 3.21. The number of aliphatic hydroxyl groups is 1. The van der Waals surface area contributed by atoms with Crippen LogP contribution in [0.25, 0.3) is 0 Å². The Bertz CT molecular complexity index is 243. The first-order chi connectivity index (χ1) is 8.69. The Kier molecular flexibility index (Phi) is 14.7. The lowest BCUT2D eigenvalue weighted by molar-refractivity contribution is 0.204. The Hall–Kier alpha value is -1.22. The fourth-order valence-corrected chi connectivity index (χ4v) is 0.958. The highest BCUT2D eigenvalue weighted by Crippen LogP contribution is 2.29. The molecule has 2 N–H and O–H groups in total. The van der Waals surface area contributed by atoms with Gasteiger partial charge < -0.3 is 15.2 Å². The Morgan fingerprint density at radius 2 is 1.94 bits per heavy atom. The van der Waals surface area contributed by atoms with Gasteiger partial charge in [-0.2, -0.15) is 0 Å². The Labute approximate surface area is 112 Å². The Morgan fingerprint density at radius 3 is 2.28 bits per heavy atom. The van der Waals surface area contributed by atoms with Crippen LogP contribution in [0.5, 0.6) is 0 Å². The summed E-state index contributed by atoms with van der Waals surface area (Å²) in [5.41, 5.74) is 0.806. The summed E-state index contributed by atoms with van der Waals surface area (Å²) in [6.45, 7) is 14.2. The van der Waals surface area contributed by atoms with E-state index in [4.69, 9.17) is 9.84 Å². The minimum absolute atomic E-state index is 0.250. The maximum Gasteiger partial charge on any atom is 0.141 e. The van der Waals surface area contributed by atoms with Gasteiger partial charge in [0.05, 0.1) is 12.3 Å². The van der Waals surface area contributed by atoms with Crippen LogP contribution in [0.2, 0.25) is 0 Å². The van der Waals surface area contributed by atoms with Crippen LogP contribution >= 0.6 is 0 Å². The number of ether oxygens (including phenoxy) is 1. The second-order valence-electron chi connectivity index (χ2n) is 3.57. The highest BCUT2D eigenvalue weighted by molar-refractivity contribution is 5.24. The standard InChI is InChI=1S/C11H17NO.C2H6O.C2H6/c1-4-5-11(9(2)12-3)13-8-10-6-7-10;1-2-3;1-2/h4-5,10,12H,1-2,6-8H2,3H3;3H,2H2,1H3;1-2H3/b11-5+;;. The van der Waals surface area contributed by atoms with Gasteiger partial charge in [-0.05, 0) is 31.8 Å². The van der Waals surface area contributed by atoms with Crippen molar-refractivity contribution in [3.05, 3.63) is 36.8 Å². The molecular weight excluding hydrogens is 226 g/mol. The van der Waals surface area contributed by atoms with Gasteiger partial charge in [-0.1, -0.05) is 33.1 Å². The summed E-state index contributed by atoms with van der Waals surface area (Å²) in [5.74, 6) is 1.56. The molecule has 0 spiro atoms. The molecule has 3 heteroatoms. The number of nitrogens with one attached hydrogen (secondary N) is 1. The molecule has 0 unspecified atom stereocenters. The predicted molar refractivity (Wildman–Crippen MR) is 79.3 cm³/mol. The van der Waals surface area contributed by atoms with E-state index >= 15 is 0 Å². The number of aliphatic hydroxyl groups excluding tert-OH is 1. The molecule has 0 amide bonds. The highest BCUT2D eigenvalue weighted by Gasteiger charge is 2.22. The van der Waals surface area contributed by atoms with E-state index in [2.05, 4.69) is 18.5 Å². The highest BCUT2D eigenvalue weighted by atomic mass is 16.5. The zero-order valence-electron chi connectivity index (χ0n) is 12.3. The molecule has 0 aromatic heterocycles. The number of hydrogen-bond donors (Lipinski definition) is 2. The van der Waals surface area contributed by atoms with Crippen molar-refractivity contribution in [3.63, 3.8) is 0 Å². The van der Waals surface area contributed by atoms with Crippen molar-refractivity contribution in [3.8, 4) is 0 Å². The van der Waals surface area contributed by atoms with Crippen LogP contribution in [0, 0.1) is 5.92 Å². The van der Waals surface area contributed by atoms with Gasteiger partial charge in [-0.15, -0.1) is 0 Å². The maximum atomic E-state index is 7.57. The van der Waals surface area contributed by atoms with Crippen molar-refractivity contribution in [2.45, 2.75) is 33.6 Å². The third-order valence-corrected chi connectivity index (χ3v) is 2.04. The van der Waals surface area contributed by atoms with E-state index in [1.165, 1.54) is 12.8 Å². The summed E-state index contributed by atoms with van der Waals surface area (Å²) < 4.78 is 5.59. The summed E-state index contributed by atoms with van der Waals surface area (Å²) in [4.78, 5) is 0. The summed E-state index contributed by atoms with van der Waals surface area (Å²) in [5, 5.41) is 10.5. The molecule has 0 radical (unpaired) electrons. The molecule has 0 bridgehead atoms. The van der Waals surface area contributed by atoms with E-state index in [0.717, 1.165) is 24.0 Å². The molecule has 1 aliphatic rings. The van der Waals surface area contributed by atoms with Gasteiger partial charge in [0.2, 0.25) is 0 Å². The maximum absolute atomic E-state index is 7.57. The minimum atomic E-state index is 0.250. The van der Waals surface area contributed by atoms with Crippen LogP contribution in [0.3, 0.4) is 0 Å². The number of rotatable bonds is 6. The second-order valence-corrected chi connectivity index (χ2v) is 3.57. The van der Waals surface area contributed by atoms with Gasteiger partial charge in [0, 0.05) is 13.7 Å². The van der Waals surface area contributed by atoms with Crippen LogP contribution in [0.4, 0.5) is 0 Å². The molecule has 0 saturated heterocycles. The Morgan fingerprint density at radius 1 is 1.44 bits per heavy atom. The average molecular weight is 255 g/mol. The second kappa shape index (κ2) is 13.8. The largest absolute Gasteiger partial charge is 0.491 e. The van der Waals surface area contributed by atoms with E-state index in [9.17, 15) is 0 Å².